The highest BCUT2D eigenvalue weighted by Gasteiger charge is 2.50. The average Bonchev–Trinajstić information content (AvgIpc) is 3.09. The molecule has 1 aromatic carbocycles. The number of sulfonamides is 1. The SMILES string of the molecule is CC1N(CCN(C)c2nc(Nc3ccc(C(=O)O)cc3)[nH]c(=O)n2)S1(=O)=O. The molecule has 1 saturated heterocycles. The molecule has 3 rings (SSSR count). The number of likely N-dealkylation sites (N-methyl/N-ethyl adjacent to an activating group) is 1. The molecule has 0 amide bonds. The van der Waals surface area contributed by atoms with Crippen molar-refractivity contribution in [3.63, 3.8) is 0 Å². The zero-order chi connectivity index (χ0) is 19.8. The fourth-order valence-electron chi connectivity index (χ4n) is 2.44. The molecule has 2 aromatic rings. The Morgan fingerprint density at radius 3 is 2.52 bits per heavy atom. The van der Waals surface area contributed by atoms with Gasteiger partial charge in [-0.1, -0.05) is 0 Å². The Labute approximate surface area is 154 Å². The molecule has 27 heavy (non-hydrogen) atoms. The number of carboxylic acids is 1. The van der Waals surface area contributed by atoms with Crippen molar-refractivity contribution in [3.05, 3.63) is 40.3 Å². The van der Waals surface area contributed by atoms with Crippen molar-refractivity contribution >= 4 is 33.6 Å². The number of nitrogens with zero attached hydrogens (tertiary/aromatic N) is 4. The van der Waals surface area contributed by atoms with Gasteiger partial charge in [-0.25, -0.2) is 18.0 Å². The highest BCUT2D eigenvalue weighted by Crippen LogP contribution is 2.29. The first-order valence-electron chi connectivity index (χ1n) is 7.99. The molecule has 144 valence electrons. The molecule has 0 spiro atoms. The molecule has 0 radical (unpaired) electrons. The molecule has 1 fully saturated rings. The van der Waals surface area contributed by atoms with Crippen molar-refractivity contribution in [1.82, 2.24) is 19.3 Å². The monoisotopic (exact) mass is 394 g/mol. The topological polar surface area (TPSA) is 148 Å². The Morgan fingerprint density at radius 1 is 1.33 bits per heavy atom. The van der Waals surface area contributed by atoms with Crippen LogP contribution < -0.4 is 15.9 Å². The van der Waals surface area contributed by atoms with Gasteiger partial charge in [0.2, 0.25) is 21.9 Å². The Kier molecular flexibility index (Phi) is 4.85. The zero-order valence-electron chi connectivity index (χ0n) is 14.6. The molecule has 0 bridgehead atoms. The van der Waals surface area contributed by atoms with Gasteiger partial charge in [0.25, 0.3) is 0 Å². The van der Waals surface area contributed by atoms with E-state index in [0.717, 1.165) is 0 Å². The summed E-state index contributed by atoms with van der Waals surface area (Å²) in [4.78, 5) is 34.7. The third-order valence-corrected chi connectivity index (χ3v) is 6.20. The first kappa shape index (κ1) is 18.8. The Morgan fingerprint density at radius 2 is 1.96 bits per heavy atom. The van der Waals surface area contributed by atoms with Crippen molar-refractivity contribution in [2.24, 2.45) is 0 Å². The Balaban J connectivity index is 1.70. The summed E-state index contributed by atoms with van der Waals surface area (Å²) >= 11 is 0. The van der Waals surface area contributed by atoms with E-state index in [9.17, 15) is 18.0 Å². The van der Waals surface area contributed by atoms with E-state index in [1.54, 1.807) is 31.0 Å². The molecule has 0 saturated carbocycles. The van der Waals surface area contributed by atoms with E-state index < -0.39 is 27.1 Å². The molecule has 2 heterocycles. The molecule has 1 aromatic heterocycles. The van der Waals surface area contributed by atoms with Crippen LogP contribution in [-0.2, 0) is 10.0 Å². The van der Waals surface area contributed by atoms with Gasteiger partial charge in [-0.3, -0.25) is 4.98 Å². The summed E-state index contributed by atoms with van der Waals surface area (Å²) < 4.78 is 24.4. The van der Waals surface area contributed by atoms with Crippen LogP contribution in [0.2, 0.25) is 0 Å². The number of benzene rings is 1. The second-order valence-corrected chi connectivity index (χ2v) is 8.17. The van der Waals surface area contributed by atoms with Crippen LogP contribution in [0.1, 0.15) is 17.3 Å². The van der Waals surface area contributed by atoms with E-state index in [1.807, 2.05) is 0 Å². The number of H-pyrrole nitrogens is 1. The number of hydrogen-bond acceptors (Lipinski definition) is 8. The standard InChI is InChI=1S/C15H18N6O5S/c1-9-21(27(9,25)26)8-7-20(2)14-17-13(18-15(24)19-14)16-11-5-3-10(4-6-11)12(22)23/h3-6,9H,7-8H2,1-2H3,(H,22,23)(H2,16,17,18,19,24). The number of aromatic nitrogens is 3. The van der Waals surface area contributed by atoms with Gasteiger partial charge in [-0.2, -0.15) is 14.3 Å². The lowest BCUT2D eigenvalue weighted by Gasteiger charge is -2.17. The summed E-state index contributed by atoms with van der Waals surface area (Å²) in [6.45, 7) is 2.20. The van der Waals surface area contributed by atoms with Crippen LogP contribution in [0, 0.1) is 0 Å². The minimum atomic E-state index is -3.14. The number of carboxylic acid groups (broad SMARTS) is 1. The summed E-state index contributed by atoms with van der Waals surface area (Å²) in [5, 5.41) is 11.3. The van der Waals surface area contributed by atoms with Crippen LogP contribution in [0.5, 0.6) is 0 Å². The lowest BCUT2D eigenvalue weighted by atomic mass is 10.2. The van der Waals surface area contributed by atoms with E-state index in [2.05, 4.69) is 20.3 Å². The lowest BCUT2D eigenvalue weighted by Crippen LogP contribution is -2.29. The van der Waals surface area contributed by atoms with E-state index >= 15 is 0 Å². The smallest absolute Gasteiger partial charge is 0.351 e. The number of aromatic amines is 1. The molecule has 1 aliphatic rings. The third-order valence-electron chi connectivity index (χ3n) is 4.15. The van der Waals surface area contributed by atoms with Crippen LogP contribution in [0.3, 0.4) is 0 Å². The number of rotatable bonds is 7. The maximum absolute atomic E-state index is 11.8. The van der Waals surface area contributed by atoms with Crippen molar-refractivity contribution in [2.75, 3.05) is 30.4 Å². The van der Waals surface area contributed by atoms with Crippen LogP contribution in [0.25, 0.3) is 0 Å². The van der Waals surface area contributed by atoms with E-state index in [1.165, 1.54) is 16.4 Å². The van der Waals surface area contributed by atoms with Crippen LogP contribution in [0.15, 0.2) is 29.1 Å². The van der Waals surface area contributed by atoms with Gasteiger partial charge in [-0.15, -0.1) is 0 Å². The average molecular weight is 394 g/mol. The number of carbonyl (C=O) groups is 1. The second-order valence-electron chi connectivity index (χ2n) is 5.99. The first-order chi connectivity index (χ1) is 12.7. The van der Waals surface area contributed by atoms with Crippen molar-refractivity contribution in [2.45, 2.75) is 12.3 Å². The quantitative estimate of drug-likeness (QED) is 0.553. The molecule has 11 nitrogen and oxygen atoms in total. The van der Waals surface area contributed by atoms with Gasteiger partial charge in [0.1, 0.15) is 5.37 Å². The summed E-state index contributed by atoms with van der Waals surface area (Å²) in [5.41, 5.74) is 0.0487. The lowest BCUT2D eigenvalue weighted by molar-refractivity contribution is 0.0697. The van der Waals surface area contributed by atoms with Gasteiger partial charge < -0.3 is 15.3 Å². The van der Waals surface area contributed by atoms with Crippen molar-refractivity contribution in [3.8, 4) is 0 Å². The van der Waals surface area contributed by atoms with Crippen molar-refractivity contribution in [1.29, 1.82) is 0 Å². The molecule has 0 aliphatic carbocycles. The number of aromatic carboxylic acids is 1. The summed E-state index contributed by atoms with van der Waals surface area (Å²) in [6.07, 6.45) is 0. The summed E-state index contributed by atoms with van der Waals surface area (Å²) in [7, 11) is -1.48. The predicted molar refractivity (Wildman–Crippen MR) is 97.7 cm³/mol. The largest absolute Gasteiger partial charge is 0.478 e. The predicted octanol–water partition coefficient (Wildman–Crippen LogP) is 0.0343. The third kappa shape index (κ3) is 4.06. The Hall–Kier alpha value is -2.99. The minimum Gasteiger partial charge on any atom is -0.478 e. The van der Waals surface area contributed by atoms with Crippen LogP contribution >= 0.6 is 0 Å². The van der Waals surface area contributed by atoms with E-state index in [-0.39, 0.29) is 24.0 Å². The molecule has 2 atom stereocenters. The fraction of sp³-hybridized carbons (Fsp3) is 0.333. The van der Waals surface area contributed by atoms with Crippen LogP contribution in [-0.4, -0.2) is 64.3 Å². The maximum Gasteiger partial charge on any atom is 0.351 e. The minimum absolute atomic E-state index is 0.132. The number of anilines is 3. The number of hydrogen-bond donors (Lipinski definition) is 3. The highest BCUT2D eigenvalue weighted by molar-refractivity contribution is 7.95. The van der Waals surface area contributed by atoms with Gasteiger partial charge >= 0.3 is 11.7 Å². The van der Waals surface area contributed by atoms with Crippen molar-refractivity contribution < 1.29 is 18.3 Å². The molecule has 2 unspecified atom stereocenters. The van der Waals surface area contributed by atoms with Gasteiger partial charge in [-0.05, 0) is 31.2 Å². The van der Waals surface area contributed by atoms with Crippen LogP contribution in [0.4, 0.5) is 17.6 Å². The molecule has 1 aliphatic heterocycles. The molecular weight excluding hydrogens is 376 g/mol. The first-order valence-corrected chi connectivity index (χ1v) is 9.49. The Bertz CT molecular complexity index is 1020. The summed E-state index contributed by atoms with van der Waals surface area (Å²) in [6, 6.07) is 5.92. The van der Waals surface area contributed by atoms with Gasteiger partial charge in [0, 0.05) is 25.8 Å². The summed E-state index contributed by atoms with van der Waals surface area (Å²) in [5.74, 6) is -0.772. The van der Waals surface area contributed by atoms with E-state index in [4.69, 9.17) is 5.11 Å². The van der Waals surface area contributed by atoms with Gasteiger partial charge in [0.05, 0.1) is 5.56 Å². The molecule has 3 N–H and O–H groups in total. The second kappa shape index (κ2) is 6.96. The molecular formula is C15H18N6O5S. The number of nitrogens with one attached hydrogen (secondary N) is 2. The van der Waals surface area contributed by atoms with E-state index in [0.29, 0.717) is 12.2 Å². The highest BCUT2D eigenvalue weighted by atomic mass is 32.2. The fourth-order valence-corrected chi connectivity index (χ4v) is 3.80. The molecule has 12 heteroatoms. The zero-order valence-corrected chi connectivity index (χ0v) is 15.4. The normalized spacial score (nSPS) is 20.1. The maximum atomic E-state index is 11.8. The van der Waals surface area contributed by atoms with Gasteiger partial charge in [0.15, 0.2) is 0 Å².